The Balaban J connectivity index is 1.55. The first-order valence-corrected chi connectivity index (χ1v) is 14.7. The highest BCUT2D eigenvalue weighted by Gasteiger charge is 2.54. The Morgan fingerprint density at radius 3 is 2.30 bits per heavy atom. The molecule has 0 unspecified atom stereocenters. The molecule has 2 bridgehead atoms. The van der Waals surface area contributed by atoms with E-state index >= 15 is 22.0 Å². The molecule has 7 nitrogen and oxygen atoms in total. The molecule has 6 rings (SSSR count). The van der Waals surface area contributed by atoms with E-state index in [1.807, 2.05) is 0 Å². The molecular weight excluding hydrogens is 631 g/mol. The normalized spacial score (nSPS) is 25.0. The predicted octanol–water partition coefficient (Wildman–Crippen LogP) is 6.06. The number of nitrogens with one attached hydrogen (secondary N) is 1. The topological polar surface area (TPSA) is 79.5 Å². The predicted molar refractivity (Wildman–Crippen MR) is 152 cm³/mol. The molecule has 0 aliphatic carbocycles. The van der Waals surface area contributed by atoms with Gasteiger partial charge in [0.25, 0.3) is 5.92 Å². The number of halogens is 9. The van der Waals surface area contributed by atoms with E-state index in [2.05, 4.69) is 15.3 Å². The third kappa shape index (κ3) is 5.26. The zero-order valence-electron chi connectivity index (χ0n) is 25.1. The van der Waals surface area contributed by atoms with Gasteiger partial charge in [-0.25, -0.2) is 26.3 Å². The second-order valence-corrected chi connectivity index (χ2v) is 12.8. The van der Waals surface area contributed by atoms with Gasteiger partial charge in [-0.1, -0.05) is 0 Å². The molecule has 0 radical (unpaired) electrons. The number of anilines is 2. The minimum Gasteiger partial charge on any atom is -0.463 e. The summed E-state index contributed by atoms with van der Waals surface area (Å²) >= 11 is 0. The largest absolute Gasteiger partial charge is 0.463 e. The molecular formula is C30H31F9N6O. The maximum absolute atomic E-state index is 16.5. The van der Waals surface area contributed by atoms with Crippen LogP contribution >= 0.6 is 0 Å². The molecule has 0 amide bonds. The molecule has 3 aliphatic rings. The van der Waals surface area contributed by atoms with Gasteiger partial charge in [0.05, 0.1) is 16.5 Å². The highest BCUT2D eigenvalue weighted by molar-refractivity contribution is 5.94. The summed E-state index contributed by atoms with van der Waals surface area (Å²) < 4.78 is 140. The van der Waals surface area contributed by atoms with E-state index in [1.54, 1.807) is 16.8 Å². The number of alkyl halides is 5. The Kier molecular flexibility index (Phi) is 7.77. The van der Waals surface area contributed by atoms with Crippen molar-refractivity contribution < 1.29 is 44.3 Å². The lowest BCUT2D eigenvalue weighted by molar-refractivity contribution is -0.169. The van der Waals surface area contributed by atoms with Crippen molar-refractivity contribution in [3.05, 3.63) is 40.5 Å². The standard InChI is InChI=1S/C30H31F9N6O/c1-13-20(30(37,38)39)19(22(33)24(40)21(13)32)18-17(31)8-16-25(23(18)34)42-27(43-26(16)45-9-14-4-5-15(10-45)41-14)46-12-28(2)11-44(3)7-6-29(28,35)36/h8,14-15,41H,4-7,9-12,40H2,1-3H3/t14-,15+,28-/m0/s1. The molecule has 250 valence electrons. The Morgan fingerprint density at radius 1 is 1.02 bits per heavy atom. The molecule has 3 saturated heterocycles. The summed E-state index contributed by atoms with van der Waals surface area (Å²) in [6.45, 7) is 2.14. The molecule has 3 N–H and O–H groups in total. The van der Waals surface area contributed by atoms with E-state index in [9.17, 15) is 17.6 Å². The smallest absolute Gasteiger partial charge is 0.417 e. The monoisotopic (exact) mass is 662 g/mol. The zero-order valence-corrected chi connectivity index (χ0v) is 25.1. The van der Waals surface area contributed by atoms with Crippen molar-refractivity contribution >= 4 is 22.4 Å². The van der Waals surface area contributed by atoms with E-state index in [4.69, 9.17) is 10.5 Å². The first-order chi connectivity index (χ1) is 21.4. The number of piperazine rings is 1. The number of nitrogens with two attached hydrogens (primary N) is 1. The number of likely N-dealkylation sites (tertiary alicyclic amines) is 1. The van der Waals surface area contributed by atoms with E-state index < -0.39 is 93.3 Å². The maximum atomic E-state index is 16.5. The average molecular weight is 663 g/mol. The van der Waals surface area contributed by atoms with Crippen molar-refractivity contribution in [2.24, 2.45) is 5.41 Å². The van der Waals surface area contributed by atoms with Gasteiger partial charge in [0.1, 0.15) is 29.4 Å². The Hall–Kier alpha value is -3.53. The van der Waals surface area contributed by atoms with Gasteiger partial charge < -0.3 is 25.6 Å². The molecule has 3 atom stereocenters. The van der Waals surface area contributed by atoms with Crippen LogP contribution in [0.25, 0.3) is 22.0 Å². The van der Waals surface area contributed by atoms with Gasteiger partial charge in [-0.15, -0.1) is 0 Å². The Morgan fingerprint density at radius 2 is 1.67 bits per heavy atom. The second kappa shape index (κ2) is 11.0. The lowest BCUT2D eigenvalue weighted by Gasteiger charge is -2.44. The van der Waals surface area contributed by atoms with Crippen LogP contribution in [0.5, 0.6) is 6.01 Å². The fraction of sp³-hybridized carbons (Fsp3) is 0.533. The molecule has 4 heterocycles. The van der Waals surface area contributed by atoms with Crippen LogP contribution in [0.3, 0.4) is 0 Å². The summed E-state index contributed by atoms with van der Waals surface area (Å²) in [4.78, 5) is 11.7. The first-order valence-electron chi connectivity index (χ1n) is 14.7. The van der Waals surface area contributed by atoms with E-state index in [1.165, 1.54) is 6.92 Å². The number of nitrogens with zero attached hydrogens (tertiary/aromatic N) is 4. The average Bonchev–Trinajstić information content (AvgIpc) is 3.32. The van der Waals surface area contributed by atoms with Crippen LogP contribution in [0.4, 0.5) is 51.0 Å². The van der Waals surface area contributed by atoms with Crippen LogP contribution in [0.2, 0.25) is 0 Å². The molecule has 46 heavy (non-hydrogen) atoms. The van der Waals surface area contributed by atoms with Gasteiger partial charge >= 0.3 is 12.2 Å². The minimum absolute atomic E-state index is 0.00563. The first kappa shape index (κ1) is 32.4. The number of aromatic nitrogens is 2. The van der Waals surface area contributed by atoms with Crippen molar-refractivity contribution in [1.82, 2.24) is 20.2 Å². The number of piperidine rings is 1. The van der Waals surface area contributed by atoms with Crippen LogP contribution in [0.1, 0.15) is 37.3 Å². The fourth-order valence-electron chi connectivity index (χ4n) is 6.89. The van der Waals surface area contributed by atoms with Gasteiger partial charge in [-0.2, -0.15) is 23.1 Å². The van der Waals surface area contributed by atoms with Gasteiger partial charge in [0.15, 0.2) is 17.5 Å². The summed E-state index contributed by atoms with van der Waals surface area (Å²) in [6, 6.07) is 0.107. The fourth-order valence-corrected chi connectivity index (χ4v) is 6.89. The van der Waals surface area contributed by atoms with Crippen molar-refractivity contribution in [3.63, 3.8) is 0 Å². The number of ether oxygens (including phenoxy) is 1. The molecule has 0 spiro atoms. The van der Waals surface area contributed by atoms with Crippen LogP contribution in [-0.2, 0) is 6.18 Å². The SMILES string of the molecule is Cc1c(F)c(N)c(F)c(-c2c(F)cc3c(N4C[C@H]5CC[C@@H](C4)N5)nc(OC[C@]4(C)CN(C)CCC4(F)F)nc3c2F)c1C(F)(F)F. The number of rotatable bonds is 5. The Bertz CT molecular complexity index is 1710. The molecule has 3 aliphatic heterocycles. The number of hydrogen-bond donors (Lipinski definition) is 2. The highest BCUT2D eigenvalue weighted by Crippen LogP contribution is 2.47. The van der Waals surface area contributed by atoms with Gasteiger partial charge in [-0.05, 0) is 45.4 Å². The van der Waals surface area contributed by atoms with E-state index in [0.29, 0.717) is 26.1 Å². The molecule has 3 aromatic rings. The highest BCUT2D eigenvalue weighted by atomic mass is 19.4. The lowest BCUT2D eigenvalue weighted by atomic mass is 9.79. The summed E-state index contributed by atoms with van der Waals surface area (Å²) in [5, 5.41) is 3.13. The second-order valence-electron chi connectivity index (χ2n) is 12.8. The number of benzene rings is 2. The van der Waals surface area contributed by atoms with Crippen LogP contribution in [0, 0.1) is 35.6 Å². The van der Waals surface area contributed by atoms with E-state index in [0.717, 1.165) is 12.8 Å². The van der Waals surface area contributed by atoms with Crippen molar-refractivity contribution in [3.8, 4) is 17.1 Å². The maximum Gasteiger partial charge on any atom is 0.417 e. The lowest BCUT2D eigenvalue weighted by Crippen LogP contribution is -2.55. The quantitative estimate of drug-likeness (QED) is 0.254. The summed E-state index contributed by atoms with van der Waals surface area (Å²) in [5.41, 5.74) is -4.62. The van der Waals surface area contributed by atoms with Crippen molar-refractivity contribution in [2.45, 2.75) is 57.3 Å². The molecule has 16 heteroatoms. The van der Waals surface area contributed by atoms with Crippen LogP contribution in [-0.4, -0.2) is 72.7 Å². The summed E-state index contributed by atoms with van der Waals surface area (Å²) in [6.07, 6.45) is -4.26. The number of nitrogen functional groups attached to an aromatic ring is 1. The van der Waals surface area contributed by atoms with Crippen LogP contribution in [0.15, 0.2) is 6.07 Å². The summed E-state index contributed by atoms with van der Waals surface area (Å²) in [5.74, 6) is -10.2. The third-order valence-corrected chi connectivity index (χ3v) is 9.37. The molecule has 3 fully saturated rings. The van der Waals surface area contributed by atoms with E-state index in [-0.39, 0.29) is 36.4 Å². The van der Waals surface area contributed by atoms with Gasteiger partial charge in [0, 0.05) is 55.6 Å². The minimum atomic E-state index is -5.44. The molecule has 0 saturated carbocycles. The van der Waals surface area contributed by atoms with Crippen LogP contribution < -0.4 is 20.7 Å². The molecule has 1 aromatic heterocycles. The Labute approximate surface area is 257 Å². The van der Waals surface area contributed by atoms with Gasteiger partial charge in [-0.3, -0.25) is 0 Å². The third-order valence-electron chi connectivity index (χ3n) is 9.37. The molecule has 2 aromatic carbocycles. The number of fused-ring (bicyclic) bond motifs is 3. The zero-order chi connectivity index (χ0) is 33.5. The summed E-state index contributed by atoms with van der Waals surface area (Å²) in [7, 11) is 1.67. The van der Waals surface area contributed by atoms with Crippen molar-refractivity contribution in [1.29, 1.82) is 0 Å². The number of hydrogen-bond acceptors (Lipinski definition) is 7. The van der Waals surface area contributed by atoms with Gasteiger partial charge in [0.2, 0.25) is 0 Å². The van der Waals surface area contributed by atoms with Crippen molar-refractivity contribution in [2.75, 3.05) is 50.5 Å².